The van der Waals surface area contributed by atoms with Crippen molar-refractivity contribution in [1.29, 1.82) is 0 Å². The zero-order chi connectivity index (χ0) is 13.8. The van der Waals surface area contributed by atoms with Gasteiger partial charge in [0.05, 0.1) is 0 Å². The van der Waals surface area contributed by atoms with Crippen LogP contribution in [0.2, 0.25) is 0 Å². The maximum Gasteiger partial charge on any atom is 0.422 e. The monoisotopic (exact) mass is 276 g/mol. The molecule has 0 fully saturated rings. The summed E-state index contributed by atoms with van der Waals surface area (Å²) >= 11 is 0. The minimum absolute atomic E-state index is 0.528. The Balaban J connectivity index is 2.57. The number of alkyl halides is 6. The highest BCUT2D eigenvalue weighted by Gasteiger charge is 2.30. The van der Waals surface area contributed by atoms with Gasteiger partial charge in [-0.3, -0.25) is 0 Å². The number of aromatic nitrogens is 2. The summed E-state index contributed by atoms with van der Waals surface area (Å²) in [7, 11) is 0. The molecule has 0 atom stereocenters. The molecule has 0 spiro atoms. The maximum absolute atomic E-state index is 11.8. The first-order valence-electron chi connectivity index (χ1n) is 4.38. The predicted molar refractivity (Wildman–Crippen MR) is 45.1 cm³/mol. The number of rotatable bonds is 4. The first-order valence-corrected chi connectivity index (χ1v) is 4.38. The molecular formula is C8H6F6N2O2. The minimum atomic E-state index is -4.59. The van der Waals surface area contributed by atoms with E-state index in [9.17, 15) is 26.3 Å². The highest BCUT2D eigenvalue weighted by molar-refractivity contribution is 5.11. The SMILES string of the molecule is FC(F)(F)COc1ccnc(OCC(F)(F)F)n1. The first kappa shape index (κ1) is 14.3. The Kier molecular flexibility index (Phi) is 4.19. The van der Waals surface area contributed by atoms with Crippen LogP contribution in [0.3, 0.4) is 0 Å². The average molecular weight is 276 g/mol. The maximum atomic E-state index is 11.8. The van der Waals surface area contributed by atoms with E-state index in [2.05, 4.69) is 19.4 Å². The molecule has 0 aliphatic carbocycles. The van der Waals surface area contributed by atoms with Crippen molar-refractivity contribution >= 4 is 0 Å². The van der Waals surface area contributed by atoms with E-state index in [-0.39, 0.29) is 0 Å². The van der Waals surface area contributed by atoms with Gasteiger partial charge in [0.25, 0.3) is 0 Å². The second-order valence-corrected chi connectivity index (χ2v) is 2.99. The van der Waals surface area contributed by atoms with Crippen LogP contribution in [0.15, 0.2) is 12.3 Å². The fourth-order valence-corrected chi connectivity index (χ4v) is 0.777. The van der Waals surface area contributed by atoms with Gasteiger partial charge >= 0.3 is 18.4 Å². The molecule has 0 N–H and O–H groups in total. The summed E-state index contributed by atoms with van der Waals surface area (Å²) in [6.07, 6.45) is -8.24. The lowest BCUT2D eigenvalue weighted by atomic mass is 10.6. The fourth-order valence-electron chi connectivity index (χ4n) is 0.777. The van der Waals surface area contributed by atoms with Crippen molar-refractivity contribution < 1.29 is 35.8 Å². The molecule has 0 amide bonds. The Morgan fingerprint density at radius 1 is 0.944 bits per heavy atom. The summed E-state index contributed by atoms with van der Waals surface area (Å²) in [6, 6.07) is 0.249. The summed E-state index contributed by atoms with van der Waals surface area (Å²) < 4.78 is 79.1. The van der Waals surface area contributed by atoms with Crippen molar-refractivity contribution in [2.24, 2.45) is 0 Å². The van der Waals surface area contributed by atoms with Gasteiger partial charge in [-0.2, -0.15) is 31.3 Å². The van der Waals surface area contributed by atoms with E-state index >= 15 is 0 Å². The van der Waals surface area contributed by atoms with Crippen LogP contribution in [0.25, 0.3) is 0 Å². The van der Waals surface area contributed by atoms with E-state index in [1.165, 1.54) is 0 Å². The molecule has 0 saturated carbocycles. The van der Waals surface area contributed by atoms with Gasteiger partial charge in [0.2, 0.25) is 5.88 Å². The van der Waals surface area contributed by atoms with E-state index in [0.29, 0.717) is 0 Å². The summed E-state index contributed by atoms with van der Waals surface area (Å²) in [5, 5.41) is 0. The summed E-state index contributed by atoms with van der Waals surface area (Å²) in [5.41, 5.74) is 0. The van der Waals surface area contributed by atoms with Gasteiger partial charge in [0.15, 0.2) is 13.2 Å². The summed E-state index contributed by atoms with van der Waals surface area (Å²) in [6.45, 7) is -3.25. The van der Waals surface area contributed by atoms with Crippen molar-refractivity contribution in [3.63, 3.8) is 0 Å². The highest BCUT2D eigenvalue weighted by atomic mass is 19.4. The van der Waals surface area contributed by atoms with Crippen LogP contribution in [-0.2, 0) is 0 Å². The molecular weight excluding hydrogens is 270 g/mol. The number of halogens is 6. The topological polar surface area (TPSA) is 44.2 Å². The fraction of sp³-hybridized carbons (Fsp3) is 0.500. The van der Waals surface area contributed by atoms with Crippen molar-refractivity contribution in [2.75, 3.05) is 13.2 Å². The molecule has 0 radical (unpaired) electrons. The first-order chi connectivity index (χ1) is 8.16. The van der Waals surface area contributed by atoms with Gasteiger partial charge in [-0.15, -0.1) is 0 Å². The molecule has 18 heavy (non-hydrogen) atoms. The van der Waals surface area contributed by atoms with E-state index in [4.69, 9.17) is 0 Å². The van der Waals surface area contributed by atoms with Crippen molar-refractivity contribution in [3.8, 4) is 11.9 Å². The number of nitrogens with zero attached hydrogens (tertiary/aromatic N) is 2. The molecule has 0 aromatic carbocycles. The minimum Gasteiger partial charge on any atom is -0.468 e. The Morgan fingerprint density at radius 2 is 1.50 bits per heavy atom. The van der Waals surface area contributed by atoms with Gasteiger partial charge < -0.3 is 9.47 Å². The standard InChI is InChI=1S/C8H6F6N2O2/c9-7(10,11)3-17-5-1-2-15-6(16-5)18-4-8(12,13)14/h1-2H,3-4H2. The van der Waals surface area contributed by atoms with Crippen molar-refractivity contribution in [1.82, 2.24) is 9.97 Å². The molecule has 1 aromatic heterocycles. The quantitative estimate of drug-likeness (QED) is 0.792. The molecule has 1 aromatic rings. The van der Waals surface area contributed by atoms with E-state index in [1.54, 1.807) is 0 Å². The average Bonchev–Trinajstić information content (AvgIpc) is 2.22. The van der Waals surface area contributed by atoms with Crippen LogP contribution >= 0.6 is 0 Å². The van der Waals surface area contributed by atoms with Crippen LogP contribution in [-0.4, -0.2) is 35.5 Å². The molecule has 0 unspecified atom stereocenters. The van der Waals surface area contributed by atoms with E-state index in [1.807, 2.05) is 0 Å². The Bertz CT molecular complexity index is 359. The molecule has 0 saturated heterocycles. The van der Waals surface area contributed by atoms with Crippen LogP contribution in [0.4, 0.5) is 26.3 Å². The summed E-state index contributed by atoms with van der Waals surface area (Å²) in [4.78, 5) is 6.52. The third kappa shape index (κ3) is 6.11. The van der Waals surface area contributed by atoms with Crippen LogP contribution in [0.1, 0.15) is 0 Å². The molecule has 0 aliphatic rings. The molecule has 1 heterocycles. The molecule has 102 valence electrons. The highest BCUT2D eigenvalue weighted by Crippen LogP contribution is 2.19. The van der Waals surface area contributed by atoms with Crippen LogP contribution < -0.4 is 9.47 Å². The molecule has 4 nitrogen and oxygen atoms in total. The van der Waals surface area contributed by atoms with E-state index < -0.39 is 37.5 Å². The molecule has 1 rings (SSSR count). The zero-order valence-electron chi connectivity index (χ0n) is 8.55. The third-order valence-corrected chi connectivity index (χ3v) is 1.36. The summed E-state index contributed by atoms with van der Waals surface area (Å²) in [5.74, 6) is -0.528. The predicted octanol–water partition coefficient (Wildman–Crippen LogP) is 2.36. The van der Waals surface area contributed by atoms with E-state index in [0.717, 1.165) is 12.3 Å². The van der Waals surface area contributed by atoms with Crippen LogP contribution in [0, 0.1) is 0 Å². The van der Waals surface area contributed by atoms with Crippen molar-refractivity contribution in [2.45, 2.75) is 12.4 Å². The number of hydrogen-bond donors (Lipinski definition) is 0. The lowest BCUT2D eigenvalue weighted by molar-refractivity contribution is -0.155. The number of ether oxygens (including phenoxy) is 2. The third-order valence-electron chi connectivity index (χ3n) is 1.36. The van der Waals surface area contributed by atoms with Gasteiger partial charge in [-0.1, -0.05) is 0 Å². The largest absolute Gasteiger partial charge is 0.468 e. The lowest BCUT2D eigenvalue weighted by Crippen LogP contribution is -2.21. The Hall–Kier alpha value is -1.74. The number of hydrogen-bond acceptors (Lipinski definition) is 4. The van der Waals surface area contributed by atoms with Gasteiger partial charge in [-0.25, -0.2) is 4.98 Å². The van der Waals surface area contributed by atoms with Gasteiger partial charge in [-0.05, 0) is 0 Å². The molecule has 10 heteroatoms. The second-order valence-electron chi connectivity index (χ2n) is 2.99. The Labute approximate surface area is 96.6 Å². The zero-order valence-corrected chi connectivity index (χ0v) is 8.55. The van der Waals surface area contributed by atoms with Gasteiger partial charge in [0, 0.05) is 12.3 Å². The molecule has 0 aliphatic heterocycles. The van der Waals surface area contributed by atoms with Crippen LogP contribution in [0.5, 0.6) is 11.9 Å². The molecule has 0 bridgehead atoms. The van der Waals surface area contributed by atoms with Crippen molar-refractivity contribution in [3.05, 3.63) is 12.3 Å². The Morgan fingerprint density at radius 3 is 2.06 bits per heavy atom. The smallest absolute Gasteiger partial charge is 0.422 e. The lowest BCUT2D eigenvalue weighted by Gasteiger charge is -2.10. The normalized spacial score (nSPS) is 12.3. The van der Waals surface area contributed by atoms with Gasteiger partial charge in [0.1, 0.15) is 0 Å². The second kappa shape index (κ2) is 5.27.